The molecular formula is C16H23NO2. The van der Waals surface area contributed by atoms with Gasteiger partial charge in [0.25, 0.3) is 0 Å². The minimum Gasteiger partial charge on any atom is -0.480 e. The first-order valence-electron chi connectivity index (χ1n) is 7.28. The Bertz CT molecular complexity index is 383. The van der Waals surface area contributed by atoms with E-state index in [1.54, 1.807) is 0 Å². The molecule has 0 unspecified atom stereocenters. The third-order valence-electron chi connectivity index (χ3n) is 3.97. The molecule has 0 aliphatic heterocycles. The highest BCUT2D eigenvalue weighted by molar-refractivity contribution is 5.75. The van der Waals surface area contributed by atoms with Gasteiger partial charge in [0, 0.05) is 0 Å². The third-order valence-corrected chi connectivity index (χ3v) is 3.97. The van der Waals surface area contributed by atoms with E-state index in [-0.39, 0.29) is 0 Å². The van der Waals surface area contributed by atoms with Gasteiger partial charge in [-0.25, -0.2) is 0 Å². The van der Waals surface area contributed by atoms with Crippen LogP contribution in [0.1, 0.15) is 50.1 Å². The Balaban J connectivity index is 1.92. The second-order valence-corrected chi connectivity index (χ2v) is 5.45. The molecule has 2 N–H and O–H groups in total. The molecule has 1 fully saturated rings. The van der Waals surface area contributed by atoms with Gasteiger partial charge in [-0.2, -0.15) is 0 Å². The summed E-state index contributed by atoms with van der Waals surface area (Å²) in [5.41, 5.74) is 0.837. The summed E-state index contributed by atoms with van der Waals surface area (Å²) in [5.74, 6) is -0.159. The summed E-state index contributed by atoms with van der Waals surface area (Å²) in [6.45, 7) is 0.811. The zero-order valence-electron chi connectivity index (χ0n) is 11.3. The number of rotatable bonds is 5. The summed E-state index contributed by atoms with van der Waals surface area (Å²) in [5, 5.41) is 12.6. The number of carboxylic acids is 1. The second kappa shape index (κ2) is 7.29. The number of hydrogen-bond acceptors (Lipinski definition) is 2. The summed E-state index contributed by atoms with van der Waals surface area (Å²) in [6, 6.07) is 8.85. The molecule has 0 heterocycles. The van der Waals surface area contributed by atoms with Crippen LogP contribution >= 0.6 is 0 Å². The Hall–Kier alpha value is -1.35. The van der Waals surface area contributed by atoms with Gasteiger partial charge < -0.3 is 10.4 Å². The van der Waals surface area contributed by atoms with Crippen molar-refractivity contribution in [2.75, 3.05) is 6.54 Å². The lowest BCUT2D eigenvalue weighted by Gasteiger charge is -2.19. The first kappa shape index (κ1) is 14.1. The first-order valence-corrected chi connectivity index (χ1v) is 7.28. The van der Waals surface area contributed by atoms with Gasteiger partial charge in [-0.15, -0.1) is 0 Å². The number of nitrogens with one attached hydrogen (secondary N) is 1. The van der Waals surface area contributed by atoms with Crippen LogP contribution in [0.5, 0.6) is 0 Å². The number of hydrogen-bond donors (Lipinski definition) is 2. The lowest BCUT2D eigenvalue weighted by molar-refractivity contribution is -0.139. The Labute approximate surface area is 115 Å². The predicted molar refractivity (Wildman–Crippen MR) is 76.0 cm³/mol. The zero-order chi connectivity index (χ0) is 13.5. The first-order chi connectivity index (χ1) is 9.27. The highest BCUT2D eigenvalue weighted by Gasteiger charge is 2.21. The van der Waals surface area contributed by atoms with E-state index in [0.717, 1.165) is 12.1 Å². The fourth-order valence-corrected chi connectivity index (χ4v) is 2.85. The average Bonchev–Trinajstić information content (AvgIpc) is 2.68. The van der Waals surface area contributed by atoms with Crippen molar-refractivity contribution in [2.45, 2.75) is 44.6 Å². The Morgan fingerprint density at radius 1 is 1.16 bits per heavy atom. The Kier molecular flexibility index (Phi) is 5.40. The van der Waals surface area contributed by atoms with Gasteiger partial charge in [-0.1, -0.05) is 56.0 Å². The minimum absolute atomic E-state index is 0.579. The quantitative estimate of drug-likeness (QED) is 0.799. The van der Waals surface area contributed by atoms with Crippen molar-refractivity contribution in [1.29, 1.82) is 0 Å². The van der Waals surface area contributed by atoms with E-state index in [1.807, 2.05) is 30.3 Å². The van der Waals surface area contributed by atoms with E-state index in [2.05, 4.69) is 5.32 Å². The molecule has 0 bridgehead atoms. The minimum atomic E-state index is -0.792. The van der Waals surface area contributed by atoms with Crippen LogP contribution in [0.3, 0.4) is 0 Å². The SMILES string of the molecule is O=C(O)[C@@H](NCC1CCCCCC1)c1ccccc1. The van der Waals surface area contributed by atoms with Crippen molar-refractivity contribution < 1.29 is 9.90 Å². The molecule has 1 aliphatic rings. The topological polar surface area (TPSA) is 49.3 Å². The molecule has 1 aromatic rings. The van der Waals surface area contributed by atoms with Crippen molar-refractivity contribution in [2.24, 2.45) is 5.92 Å². The molecule has 0 spiro atoms. The van der Waals surface area contributed by atoms with Crippen LogP contribution in [0.4, 0.5) is 0 Å². The normalized spacial score (nSPS) is 18.7. The van der Waals surface area contributed by atoms with Crippen molar-refractivity contribution in [3.8, 4) is 0 Å². The van der Waals surface area contributed by atoms with Crippen LogP contribution in [-0.2, 0) is 4.79 Å². The molecule has 1 aliphatic carbocycles. The number of carbonyl (C=O) groups is 1. The van der Waals surface area contributed by atoms with Crippen molar-refractivity contribution in [1.82, 2.24) is 5.32 Å². The molecule has 0 saturated heterocycles. The van der Waals surface area contributed by atoms with E-state index < -0.39 is 12.0 Å². The number of benzene rings is 1. The summed E-state index contributed by atoms with van der Waals surface area (Å²) in [6.07, 6.45) is 7.70. The fraction of sp³-hybridized carbons (Fsp3) is 0.562. The molecule has 3 nitrogen and oxygen atoms in total. The van der Waals surface area contributed by atoms with Gasteiger partial charge in [-0.05, 0) is 30.9 Å². The average molecular weight is 261 g/mol. The van der Waals surface area contributed by atoms with Crippen LogP contribution in [0.2, 0.25) is 0 Å². The number of carboxylic acid groups (broad SMARTS) is 1. The molecule has 0 amide bonds. The second-order valence-electron chi connectivity index (χ2n) is 5.45. The fourth-order valence-electron chi connectivity index (χ4n) is 2.85. The molecule has 1 atom stereocenters. The van der Waals surface area contributed by atoms with E-state index in [4.69, 9.17) is 0 Å². The molecule has 1 aromatic carbocycles. The predicted octanol–water partition coefficient (Wildman–Crippen LogP) is 3.37. The van der Waals surface area contributed by atoms with Gasteiger partial charge in [0.05, 0.1) is 0 Å². The standard InChI is InChI=1S/C16H23NO2/c18-16(19)15(14-10-6-3-7-11-14)17-12-13-8-4-1-2-5-9-13/h3,6-7,10-11,13,15,17H,1-2,4-5,8-9,12H2,(H,18,19)/t15-/m0/s1. The van der Waals surface area contributed by atoms with Crippen molar-refractivity contribution >= 4 is 5.97 Å². The smallest absolute Gasteiger partial charge is 0.325 e. The molecule has 3 heteroatoms. The molecule has 19 heavy (non-hydrogen) atoms. The molecule has 0 aromatic heterocycles. The largest absolute Gasteiger partial charge is 0.480 e. The van der Waals surface area contributed by atoms with Crippen LogP contribution in [-0.4, -0.2) is 17.6 Å². The van der Waals surface area contributed by atoms with Crippen molar-refractivity contribution in [3.63, 3.8) is 0 Å². The Morgan fingerprint density at radius 2 is 1.79 bits per heavy atom. The Morgan fingerprint density at radius 3 is 2.37 bits per heavy atom. The monoisotopic (exact) mass is 261 g/mol. The van der Waals surface area contributed by atoms with Crippen LogP contribution < -0.4 is 5.32 Å². The van der Waals surface area contributed by atoms with Gasteiger partial charge in [0.2, 0.25) is 0 Å². The number of aliphatic carboxylic acids is 1. The third kappa shape index (κ3) is 4.35. The van der Waals surface area contributed by atoms with Gasteiger partial charge in [0.1, 0.15) is 6.04 Å². The molecule has 1 saturated carbocycles. The van der Waals surface area contributed by atoms with E-state index in [9.17, 15) is 9.90 Å². The highest BCUT2D eigenvalue weighted by atomic mass is 16.4. The van der Waals surface area contributed by atoms with Gasteiger partial charge in [0.15, 0.2) is 0 Å². The summed E-state index contributed by atoms with van der Waals surface area (Å²) in [7, 11) is 0. The molecule has 2 rings (SSSR count). The van der Waals surface area contributed by atoms with E-state index >= 15 is 0 Å². The van der Waals surface area contributed by atoms with E-state index in [1.165, 1.54) is 38.5 Å². The van der Waals surface area contributed by atoms with Gasteiger partial charge >= 0.3 is 5.97 Å². The summed E-state index contributed by atoms with van der Waals surface area (Å²) >= 11 is 0. The zero-order valence-corrected chi connectivity index (χ0v) is 11.3. The van der Waals surface area contributed by atoms with Gasteiger partial charge in [-0.3, -0.25) is 4.79 Å². The maximum absolute atomic E-state index is 11.4. The van der Waals surface area contributed by atoms with E-state index in [0.29, 0.717) is 5.92 Å². The molecule has 104 valence electrons. The van der Waals surface area contributed by atoms with Crippen LogP contribution in [0.25, 0.3) is 0 Å². The summed E-state index contributed by atoms with van der Waals surface area (Å²) < 4.78 is 0. The maximum Gasteiger partial charge on any atom is 0.325 e. The van der Waals surface area contributed by atoms with Crippen LogP contribution in [0, 0.1) is 5.92 Å². The molecular weight excluding hydrogens is 238 g/mol. The van der Waals surface area contributed by atoms with Crippen molar-refractivity contribution in [3.05, 3.63) is 35.9 Å². The summed E-state index contributed by atoms with van der Waals surface area (Å²) in [4.78, 5) is 11.4. The lowest BCUT2D eigenvalue weighted by atomic mass is 9.99. The van der Waals surface area contributed by atoms with Crippen LogP contribution in [0.15, 0.2) is 30.3 Å². The highest BCUT2D eigenvalue weighted by Crippen LogP contribution is 2.23. The maximum atomic E-state index is 11.4. The lowest BCUT2D eigenvalue weighted by Crippen LogP contribution is -2.32. The molecule has 0 radical (unpaired) electrons.